The van der Waals surface area contributed by atoms with E-state index < -0.39 is 72.1 Å². The SMILES string of the molecule is C.C.C.CC(C)CC(NC(=O)C(C)NC(=O)C(O)C(O)C(Cc1ccc(Cl)c(Cl)c1)NC(=O)C(OC(=O)NCc1ccccc1)C(C)C)C(N)=O. The lowest BCUT2D eigenvalue weighted by atomic mass is 9.96. The van der Waals surface area contributed by atoms with E-state index in [1.807, 2.05) is 32.0 Å². The van der Waals surface area contributed by atoms with Crippen molar-refractivity contribution in [1.82, 2.24) is 21.3 Å². The highest BCUT2D eigenvalue weighted by Crippen LogP contribution is 2.24. The summed E-state index contributed by atoms with van der Waals surface area (Å²) in [5.74, 6) is -3.89. The maximum Gasteiger partial charge on any atom is 0.408 e. The number of nitrogens with one attached hydrogen (secondary N) is 4. The van der Waals surface area contributed by atoms with Crippen molar-refractivity contribution in [2.45, 2.75) is 113 Å². The first-order valence-corrected chi connectivity index (χ1v) is 16.2. The maximum absolute atomic E-state index is 13.5. The quantitative estimate of drug-likeness (QED) is 0.125. The molecule has 0 fully saturated rings. The minimum absolute atomic E-state index is 0. The molecule has 0 heterocycles. The Morgan fingerprint density at radius 2 is 1.39 bits per heavy atom. The van der Waals surface area contributed by atoms with Crippen LogP contribution in [-0.2, 0) is 36.9 Å². The Labute approximate surface area is 312 Å². The molecule has 0 aliphatic rings. The number of carbonyl (C=O) groups is 5. The summed E-state index contributed by atoms with van der Waals surface area (Å²) in [5.41, 5.74) is 6.68. The first-order valence-electron chi connectivity index (χ1n) is 15.5. The van der Waals surface area contributed by atoms with Gasteiger partial charge in [-0.1, -0.05) is 110 Å². The summed E-state index contributed by atoms with van der Waals surface area (Å²) in [6, 6.07) is 10.1. The second-order valence-corrected chi connectivity index (χ2v) is 13.0. The number of nitrogens with two attached hydrogens (primary N) is 1. The van der Waals surface area contributed by atoms with Gasteiger partial charge in [0.05, 0.1) is 16.1 Å². The molecule has 51 heavy (non-hydrogen) atoms. The van der Waals surface area contributed by atoms with Crippen molar-refractivity contribution in [3.63, 3.8) is 0 Å². The van der Waals surface area contributed by atoms with Crippen molar-refractivity contribution in [2.75, 3.05) is 0 Å². The van der Waals surface area contributed by atoms with Crippen LogP contribution in [-0.4, -0.2) is 76.4 Å². The lowest BCUT2D eigenvalue weighted by Gasteiger charge is -2.30. The van der Waals surface area contributed by atoms with E-state index in [1.165, 1.54) is 19.1 Å². The predicted octanol–water partition coefficient (Wildman–Crippen LogP) is 4.12. The summed E-state index contributed by atoms with van der Waals surface area (Å²) >= 11 is 12.2. The average Bonchev–Trinajstić information content (AvgIpc) is 3.02. The zero-order valence-electron chi connectivity index (χ0n) is 27.5. The third-order valence-electron chi connectivity index (χ3n) is 7.27. The lowest BCUT2D eigenvalue weighted by Crippen LogP contribution is -2.58. The number of amides is 5. The second kappa shape index (κ2) is 23.5. The van der Waals surface area contributed by atoms with Crippen LogP contribution in [0.15, 0.2) is 48.5 Å². The van der Waals surface area contributed by atoms with Crippen LogP contribution in [0.25, 0.3) is 0 Å². The number of halogens is 2. The number of carbonyl (C=O) groups excluding carboxylic acids is 5. The molecular formula is C36H57Cl2N5O8. The van der Waals surface area contributed by atoms with Crippen LogP contribution in [0.1, 0.15) is 74.4 Å². The largest absolute Gasteiger partial charge is 0.436 e. The molecule has 0 spiro atoms. The van der Waals surface area contributed by atoms with Gasteiger partial charge in [-0.2, -0.15) is 0 Å². The van der Waals surface area contributed by atoms with Crippen LogP contribution >= 0.6 is 23.2 Å². The van der Waals surface area contributed by atoms with E-state index in [-0.39, 0.29) is 57.6 Å². The number of aliphatic hydroxyl groups is 2. The molecule has 0 bridgehead atoms. The highest BCUT2D eigenvalue weighted by molar-refractivity contribution is 6.42. The van der Waals surface area contributed by atoms with E-state index >= 15 is 0 Å². The van der Waals surface area contributed by atoms with Crippen molar-refractivity contribution in [2.24, 2.45) is 17.6 Å². The fraction of sp³-hybridized carbons (Fsp3) is 0.528. The monoisotopic (exact) mass is 757 g/mol. The van der Waals surface area contributed by atoms with Gasteiger partial charge in [0, 0.05) is 6.54 Å². The summed E-state index contributed by atoms with van der Waals surface area (Å²) in [4.78, 5) is 63.5. The zero-order valence-corrected chi connectivity index (χ0v) is 29.0. The molecule has 8 N–H and O–H groups in total. The van der Waals surface area contributed by atoms with Crippen LogP contribution in [0, 0.1) is 11.8 Å². The minimum Gasteiger partial charge on any atom is -0.436 e. The van der Waals surface area contributed by atoms with Crippen molar-refractivity contribution < 1.29 is 38.9 Å². The molecular weight excluding hydrogens is 701 g/mol. The van der Waals surface area contributed by atoms with E-state index in [0.717, 1.165) is 5.56 Å². The first kappa shape index (κ1) is 49.2. The molecule has 6 atom stereocenters. The smallest absolute Gasteiger partial charge is 0.408 e. The summed E-state index contributed by atoms with van der Waals surface area (Å²) < 4.78 is 5.42. The van der Waals surface area contributed by atoms with Crippen molar-refractivity contribution in [1.29, 1.82) is 0 Å². The van der Waals surface area contributed by atoms with Gasteiger partial charge in [0.15, 0.2) is 12.2 Å². The molecule has 0 saturated heterocycles. The fourth-order valence-corrected chi connectivity index (χ4v) is 4.94. The van der Waals surface area contributed by atoms with Crippen molar-refractivity contribution in [3.05, 3.63) is 69.7 Å². The second-order valence-electron chi connectivity index (χ2n) is 12.2. The molecule has 0 aliphatic carbocycles. The molecule has 13 nitrogen and oxygen atoms in total. The molecule has 0 radical (unpaired) electrons. The number of hydrogen-bond acceptors (Lipinski definition) is 8. The van der Waals surface area contributed by atoms with Gasteiger partial charge in [0.25, 0.3) is 11.8 Å². The highest BCUT2D eigenvalue weighted by atomic mass is 35.5. The van der Waals surface area contributed by atoms with E-state index in [9.17, 15) is 34.2 Å². The summed E-state index contributed by atoms with van der Waals surface area (Å²) in [6.07, 6.45) is -6.09. The highest BCUT2D eigenvalue weighted by Gasteiger charge is 2.37. The van der Waals surface area contributed by atoms with E-state index in [4.69, 9.17) is 33.7 Å². The van der Waals surface area contributed by atoms with Gasteiger partial charge >= 0.3 is 6.09 Å². The Balaban J connectivity index is 0. The van der Waals surface area contributed by atoms with Gasteiger partial charge in [-0.15, -0.1) is 0 Å². The molecule has 2 rings (SSSR count). The average molecular weight is 759 g/mol. The third kappa shape index (κ3) is 16.3. The standard InChI is InChI=1S/C33H45Cl2N5O8.3CH4/c1-17(2)13-25(29(36)43)40-30(44)19(5)38-31(45)27(42)26(41)24(15-21-11-12-22(34)23(35)14-21)39-32(46)28(18(3)4)48-33(47)37-16-20-9-7-6-8-10-20;;;/h6-12,14,17-19,24-28,41-42H,13,15-16H2,1-5H3,(H2,36,43)(H,37,47)(H,38,45)(H,39,46)(H,40,44);3*1H4. The number of benzene rings is 2. The Morgan fingerprint density at radius 1 is 0.784 bits per heavy atom. The van der Waals surface area contributed by atoms with E-state index in [2.05, 4.69) is 21.3 Å². The van der Waals surface area contributed by atoms with Gasteiger partial charge in [-0.3, -0.25) is 19.2 Å². The Hall–Kier alpha value is -3.91. The molecule has 6 unspecified atom stereocenters. The maximum atomic E-state index is 13.5. The van der Waals surface area contributed by atoms with Crippen molar-refractivity contribution >= 4 is 52.9 Å². The van der Waals surface area contributed by atoms with Crippen LogP contribution in [0.3, 0.4) is 0 Å². The first-order chi connectivity index (χ1) is 22.5. The van der Waals surface area contributed by atoms with Gasteiger partial charge in [-0.25, -0.2) is 4.79 Å². The third-order valence-corrected chi connectivity index (χ3v) is 8.01. The van der Waals surface area contributed by atoms with Crippen LogP contribution in [0.4, 0.5) is 4.79 Å². The van der Waals surface area contributed by atoms with Crippen LogP contribution in [0.5, 0.6) is 0 Å². The number of aliphatic hydroxyl groups excluding tert-OH is 2. The van der Waals surface area contributed by atoms with Gasteiger partial charge < -0.3 is 42.0 Å². The van der Waals surface area contributed by atoms with E-state index in [1.54, 1.807) is 32.0 Å². The topological polar surface area (TPSA) is 209 Å². The number of primary amides is 1. The number of ether oxygens (including phenoxy) is 1. The molecule has 2 aromatic rings. The Bertz CT molecular complexity index is 1410. The van der Waals surface area contributed by atoms with Crippen LogP contribution < -0.4 is 27.0 Å². The van der Waals surface area contributed by atoms with Gasteiger partial charge in [0.1, 0.15) is 18.2 Å². The Kier molecular flexibility index (Phi) is 22.7. The molecule has 5 amide bonds. The molecule has 288 valence electrons. The molecule has 15 heteroatoms. The number of hydrogen-bond donors (Lipinski definition) is 7. The summed E-state index contributed by atoms with van der Waals surface area (Å²) in [6.45, 7) is 8.46. The number of alkyl carbamates (subject to hydrolysis) is 1. The Morgan fingerprint density at radius 3 is 1.92 bits per heavy atom. The van der Waals surface area contributed by atoms with Gasteiger partial charge in [0.2, 0.25) is 11.8 Å². The van der Waals surface area contributed by atoms with Gasteiger partial charge in [-0.05, 0) is 54.9 Å². The lowest BCUT2D eigenvalue weighted by molar-refractivity contribution is -0.142. The molecule has 2 aromatic carbocycles. The van der Waals surface area contributed by atoms with Crippen LogP contribution in [0.2, 0.25) is 10.0 Å². The predicted molar refractivity (Wildman–Crippen MR) is 201 cm³/mol. The minimum atomic E-state index is -2.14. The molecule has 0 aromatic heterocycles. The zero-order chi connectivity index (χ0) is 36.1. The fourth-order valence-electron chi connectivity index (χ4n) is 4.62. The van der Waals surface area contributed by atoms with E-state index in [0.29, 0.717) is 5.56 Å². The normalized spacial score (nSPS) is 14.1. The summed E-state index contributed by atoms with van der Waals surface area (Å²) in [5, 5.41) is 32.5. The summed E-state index contributed by atoms with van der Waals surface area (Å²) in [7, 11) is 0. The molecule has 0 aliphatic heterocycles. The molecule has 0 saturated carbocycles. The number of rotatable bonds is 17. The van der Waals surface area contributed by atoms with Crippen molar-refractivity contribution in [3.8, 4) is 0 Å².